The quantitative estimate of drug-likeness (QED) is 0.807. The zero-order valence-electron chi connectivity index (χ0n) is 10.7. The highest BCUT2D eigenvalue weighted by molar-refractivity contribution is 9.10. The van der Waals surface area contributed by atoms with Crippen LogP contribution in [0.4, 0.5) is 25.8 Å². The van der Waals surface area contributed by atoms with E-state index in [-0.39, 0.29) is 17.3 Å². The minimum atomic E-state index is -0.534. The molecule has 2 aromatic carbocycles. The lowest BCUT2D eigenvalue weighted by atomic mass is 10.2. The number of nitrogens with one attached hydrogen (secondary N) is 1. The van der Waals surface area contributed by atoms with Crippen molar-refractivity contribution >= 4 is 33.0 Å². The highest BCUT2D eigenvalue weighted by Gasteiger charge is 2.10. The van der Waals surface area contributed by atoms with Gasteiger partial charge in [0.15, 0.2) is 11.6 Å². The van der Waals surface area contributed by atoms with Crippen LogP contribution in [0.25, 0.3) is 0 Å². The molecule has 0 radical (unpaired) electrons. The first-order chi connectivity index (χ1) is 9.51. The van der Waals surface area contributed by atoms with Crippen LogP contribution in [0.5, 0.6) is 5.75 Å². The molecule has 0 heterocycles. The van der Waals surface area contributed by atoms with Gasteiger partial charge in [-0.25, -0.2) is 8.78 Å². The van der Waals surface area contributed by atoms with Crippen molar-refractivity contribution in [2.24, 2.45) is 0 Å². The van der Waals surface area contributed by atoms with Gasteiger partial charge in [-0.3, -0.25) is 0 Å². The molecule has 3 N–H and O–H groups in total. The Morgan fingerprint density at radius 1 is 1.20 bits per heavy atom. The molecule has 0 aliphatic carbocycles. The Hall–Kier alpha value is -1.82. The molecule has 20 heavy (non-hydrogen) atoms. The van der Waals surface area contributed by atoms with Crippen LogP contribution >= 0.6 is 15.9 Å². The van der Waals surface area contributed by atoms with Crippen molar-refractivity contribution in [1.29, 1.82) is 0 Å². The van der Waals surface area contributed by atoms with Crippen LogP contribution in [0.15, 0.2) is 34.8 Å². The third-order valence-corrected chi connectivity index (χ3v) is 3.29. The highest BCUT2D eigenvalue weighted by atomic mass is 79.9. The highest BCUT2D eigenvalue weighted by Crippen LogP contribution is 2.33. The predicted octanol–water partition coefficient (Wildman–Crippen LogP) is 4.45. The molecule has 0 saturated carbocycles. The van der Waals surface area contributed by atoms with Gasteiger partial charge in [0.05, 0.1) is 23.7 Å². The molecule has 3 nitrogen and oxygen atoms in total. The monoisotopic (exact) mass is 342 g/mol. The molecular weight excluding hydrogens is 330 g/mol. The van der Waals surface area contributed by atoms with Crippen LogP contribution in [0.1, 0.15) is 6.92 Å². The maximum atomic E-state index is 13.6. The molecular formula is C14H13BrF2N2O. The van der Waals surface area contributed by atoms with Crippen LogP contribution in [-0.4, -0.2) is 6.61 Å². The van der Waals surface area contributed by atoms with Crippen LogP contribution in [-0.2, 0) is 0 Å². The third-order valence-electron chi connectivity index (χ3n) is 2.60. The summed E-state index contributed by atoms with van der Waals surface area (Å²) in [5.41, 5.74) is 6.90. The summed E-state index contributed by atoms with van der Waals surface area (Å²) < 4.78 is 32.7. The molecule has 6 heteroatoms. The second-order valence-corrected chi connectivity index (χ2v) is 4.91. The Labute approximate surface area is 123 Å². The molecule has 0 spiro atoms. The van der Waals surface area contributed by atoms with Crippen molar-refractivity contribution in [3.05, 3.63) is 46.4 Å². The molecule has 0 saturated heterocycles. The van der Waals surface area contributed by atoms with Crippen LogP contribution in [0.2, 0.25) is 0 Å². The van der Waals surface area contributed by atoms with Gasteiger partial charge in [-0.05, 0) is 41.1 Å². The minimum Gasteiger partial charge on any atom is -0.491 e. The molecule has 0 aromatic heterocycles. The van der Waals surface area contributed by atoms with Crippen LogP contribution < -0.4 is 15.8 Å². The fraction of sp³-hybridized carbons (Fsp3) is 0.143. The van der Waals surface area contributed by atoms with E-state index in [9.17, 15) is 8.78 Å². The van der Waals surface area contributed by atoms with E-state index in [4.69, 9.17) is 10.5 Å². The summed E-state index contributed by atoms with van der Waals surface area (Å²) in [5.74, 6) is -0.827. The van der Waals surface area contributed by atoms with Gasteiger partial charge < -0.3 is 15.8 Å². The SMILES string of the molecule is CCOc1cc(Nc2cc(F)ccc2Br)c(N)cc1F. The molecule has 0 unspecified atom stereocenters. The summed E-state index contributed by atoms with van der Waals surface area (Å²) in [7, 11) is 0. The Kier molecular flexibility index (Phi) is 4.44. The van der Waals surface area contributed by atoms with Crippen molar-refractivity contribution in [3.63, 3.8) is 0 Å². The molecule has 2 rings (SSSR count). The number of rotatable bonds is 4. The zero-order chi connectivity index (χ0) is 14.7. The molecule has 0 aliphatic heterocycles. The maximum Gasteiger partial charge on any atom is 0.167 e. The Morgan fingerprint density at radius 2 is 1.95 bits per heavy atom. The predicted molar refractivity (Wildman–Crippen MR) is 79.4 cm³/mol. The van der Waals surface area contributed by atoms with Crippen molar-refractivity contribution in [1.82, 2.24) is 0 Å². The standard InChI is InChI=1S/C14H13BrF2N2O/c1-2-20-14-7-13(11(18)6-10(14)17)19-12-5-8(16)3-4-9(12)15/h3-7,19H,2,18H2,1H3. The van der Waals surface area contributed by atoms with Gasteiger partial charge in [0, 0.05) is 16.6 Å². The van der Waals surface area contributed by atoms with E-state index in [1.165, 1.54) is 24.3 Å². The number of nitrogens with two attached hydrogens (primary N) is 1. The number of anilines is 3. The maximum absolute atomic E-state index is 13.6. The average Bonchev–Trinajstić information content (AvgIpc) is 2.39. The number of benzene rings is 2. The van der Waals surface area contributed by atoms with E-state index < -0.39 is 5.82 Å². The average molecular weight is 343 g/mol. The van der Waals surface area contributed by atoms with Gasteiger partial charge in [-0.2, -0.15) is 0 Å². The van der Waals surface area contributed by atoms with Gasteiger partial charge >= 0.3 is 0 Å². The first kappa shape index (κ1) is 14.6. The Bertz CT molecular complexity index is 635. The van der Waals surface area contributed by atoms with Gasteiger partial charge in [-0.1, -0.05) is 0 Å². The summed E-state index contributed by atoms with van der Waals surface area (Å²) in [6.45, 7) is 2.09. The van der Waals surface area contributed by atoms with E-state index in [2.05, 4.69) is 21.2 Å². The number of hydrogen-bond acceptors (Lipinski definition) is 3. The van der Waals surface area contributed by atoms with Crippen LogP contribution in [0, 0.1) is 11.6 Å². The molecule has 0 aliphatic rings. The lowest BCUT2D eigenvalue weighted by molar-refractivity contribution is 0.322. The van der Waals surface area contributed by atoms with E-state index in [0.717, 1.165) is 0 Å². The Morgan fingerprint density at radius 3 is 2.65 bits per heavy atom. The minimum absolute atomic E-state index is 0.0942. The van der Waals surface area contributed by atoms with Crippen molar-refractivity contribution in [3.8, 4) is 5.75 Å². The summed E-state index contributed by atoms with van der Waals surface area (Å²) in [5, 5.41) is 2.95. The topological polar surface area (TPSA) is 47.3 Å². The molecule has 0 atom stereocenters. The molecule has 2 aromatic rings. The van der Waals surface area contributed by atoms with E-state index >= 15 is 0 Å². The van der Waals surface area contributed by atoms with Gasteiger partial charge in [0.2, 0.25) is 0 Å². The number of hydrogen-bond donors (Lipinski definition) is 2. The number of halogens is 3. The largest absolute Gasteiger partial charge is 0.491 e. The van der Waals surface area contributed by atoms with E-state index in [1.54, 1.807) is 13.0 Å². The fourth-order valence-corrected chi connectivity index (χ4v) is 2.03. The summed E-state index contributed by atoms with van der Waals surface area (Å²) >= 11 is 3.30. The summed E-state index contributed by atoms with van der Waals surface area (Å²) in [4.78, 5) is 0. The smallest absolute Gasteiger partial charge is 0.167 e. The van der Waals surface area contributed by atoms with Crippen LogP contribution in [0.3, 0.4) is 0 Å². The summed E-state index contributed by atoms with van der Waals surface area (Å²) in [6.07, 6.45) is 0. The first-order valence-electron chi connectivity index (χ1n) is 5.95. The molecule has 0 amide bonds. The molecule has 0 fully saturated rings. The fourth-order valence-electron chi connectivity index (χ4n) is 1.68. The number of nitrogen functional groups attached to an aromatic ring is 1. The van der Waals surface area contributed by atoms with Crippen molar-refractivity contribution in [2.75, 3.05) is 17.7 Å². The first-order valence-corrected chi connectivity index (χ1v) is 6.74. The van der Waals surface area contributed by atoms with Crippen molar-refractivity contribution in [2.45, 2.75) is 6.92 Å². The molecule has 0 bridgehead atoms. The normalized spacial score (nSPS) is 10.4. The zero-order valence-corrected chi connectivity index (χ0v) is 12.3. The van der Waals surface area contributed by atoms with Crippen molar-refractivity contribution < 1.29 is 13.5 Å². The Balaban J connectivity index is 2.37. The third kappa shape index (κ3) is 3.19. The van der Waals surface area contributed by atoms with Gasteiger partial charge in [0.1, 0.15) is 5.82 Å². The second kappa shape index (κ2) is 6.09. The number of ether oxygens (including phenoxy) is 1. The summed E-state index contributed by atoms with van der Waals surface area (Å²) in [6, 6.07) is 6.83. The van der Waals surface area contributed by atoms with Gasteiger partial charge in [-0.15, -0.1) is 0 Å². The molecule has 106 valence electrons. The van der Waals surface area contributed by atoms with Gasteiger partial charge in [0.25, 0.3) is 0 Å². The lowest BCUT2D eigenvalue weighted by Crippen LogP contribution is -2.01. The van der Waals surface area contributed by atoms with E-state index in [1.807, 2.05) is 0 Å². The van der Waals surface area contributed by atoms with E-state index in [0.29, 0.717) is 22.5 Å². The lowest BCUT2D eigenvalue weighted by Gasteiger charge is -2.13. The second-order valence-electron chi connectivity index (χ2n) is 4.05.